The molecule has 4 unspecified atom stereocenters. The van der Waals surface area contributed by atoms with E-state index < -0.39 is 72.8 Å². The van der Waals surface area contributed by atoms with Gasteiger partial charge in [-0.1, -0.05) is 18.2 Å². The van der Waals surface area contributed by atoms with E-state index in [1.54, 1.807) is 44.2 Å². The van der Waals surface area contributed by atoms with E-state index in [-0.39, 0.29) is 5.75 Å². The molecule has 2 aromatic rings. The number of aromatic amines is 1. The number of rotatable bonds is 11. The van der Waals surface area contributed by atoms with Gasteiger partial charge < -0.3 is 28.7 Å². The second kappa shape index (κ2) is 12.2. The number of hydrogen-bond donors (Lipinski definition) is 4. The first-order valence-electron chi connectivity index (χ1n) is 11.8. The van der Waals surface area contributed by atoms with Crippen molar-refractivity contribution < 1.29 is 37.9 Å². The van der Waals surface area contributed by atoms with Crippen LogP contribution in [0.2, 0.25) is 0 Å². The topological polar surface area (TPSA) is 161 Å². The van der Waals surface area contributed by atoms with Gasteiger partial charge in [0.15, 0.2) is 0 Å². The minimum absolute atomic E-state index is 0.271. The van der Waals surface area contributed by atoms with Crippen molar-refractivity contribution in [2.45, 2.75) is 64.1 Å². The zero-order chi connectivity index (χ0) is 28.3. The Labute approximate surface area is 222 Å². The van der Waals surface area contributed by atoms with Crippen molar-refractivity contribution in [2.75, 3.05) is 6.61 Å². The SMILES string of the molecule is CC(C)OC(=O)C(C)NP(=S)(OC[C@@]1(F)O[C@@H](n2ccc(=O)[nH]c2=O)C(C(C)O)[C@@H]1O)Oc1ccccc1. The summed E-state index contributed by atoms with van der Waals surface area (Å²) in [5.41, 5.74) is -1.62. The number of H-pyrrole nitrogens is 1. The molecule has 3 rings (SSSR count). The fraction of sp³-hybridized carbons (Fsp3) is 0.522. The number of hydrogen-bond acceptors (Lipinski definition) is 10. The molecule has 0 spiro atoms. The van der Waals surface area contributed by atoms with Crippen molar-refractivity contribution in [3.63, 3.8) is 0 Å². The van der Waals surface area contributed by atoms with Crippen LogP contribution in [0.15, 0.2) is 52.2 Å². The van der Waals surface area contributed by atoms with Crippen LogP contribution in [-0.4, -0.2) is 62.5 Å². The van der Waals surface area contributed by atoms with Gasteiger partial charge in [0.2, 0.25) is 0 Å². The molecule has 2 heterocycles. The molecule has 210 valence electrons. The fourth-order valence-electron chi connectivity index (χ4n) is 3.79. The van der Waals surface area contributed by atoms with Crippen LogP contribution >= 0.6 is 6.64 Å². The zero-order valence-corrected chi connectivity index (χ0v) is 22.9. The maximum atomic E-state index is 16.1. The van der Waals surface area contributed by atoms with Gasteiger partial charge in [0.1, 0.15) is 30.7 Å². The number of benzene rings is 1. The fourth-order valence-corrected chi connectivity index (χ4v) is 6.19. The smallest absolute Gasteiger partial charge is 0.330 e. The third kappa shape index (κ3) is 7.14. The quantitative estimate of drug-likeness (QED) is 0.226. The first-order valence-corrected chi connectivity index (χ1v) is 14.4. The first-order chi connectivity index (χ1) is 17.7. The van der Waals surface area contributed by atoms with Crippen molar-refractivity contribution in [1.82, 2.24) is 14.6 Å². The second-order valence-electron chi connectivity index (χ2n) is 9.09. The molecule has 0 saturated carbocycles. The monoisotopic (exact) mass is 575 g/mol. The number of ether oxygens (including phenoxy) is 2. The van der Waals surface area contributed by atoms with Crippen LogP contribution in [0.3, 0.4) is 0 Å². The lowest BCUT2D eigenvalue weighted by Gasteiger charge is -2.30. The van der Waals surface area contributed by atoms with E-state index >= 15 is 4.39 Å². The zero-order valence-electron chi connectivity index (χ0n) is 21.1. The average Bonchev–Trinajstić information content (AvgIpc) is 3.09. The van der Waals surface area contributed by atoms with E-state index in [0.717, 1.165) is 16.8 Å². The van der Waals surface area contributed by atoms with Crippen LogP contribution in [0.1, 0.15) is 33.9 Å². The van der Waals surface area contributed by atoms with E-state index in [9.17, 15) is 24.6 Å². The summed E-state index contributed by atoms with van der Waals surface area (Å²) in [4.78, 5) is 38.2. The van der Waals surface area contributed by atoms with Gasteiger partial charge in [-0.25, -0.2) is 14.3 Å². The molecule has 1 fully saturated rings. The number of nitrogens with zero attached hydrogens (tertiary/aromatic N) is 1. The molecule has 38 heavy (non-hydrogen) atoms. The van der Waals surface area contributed by atoms with Crippen molar-refractivity contribution in [2.24, 2.45) is 5.92 Å². The highest BCUT2D eigenvalue weighted by atomic mass is 32.5. The number of halogens is 1. The Balaban J connectivity index is 1.87. The number of carbonyl (C=O) groups is 1. The number of aliphatic hydroxyl groups excluding tert-OH is 2. The largest absolute Gasteiger partial charge is 0.462 e. The number of para-hydroxylation sites is 1. The molecule has 1 aromatic heterocycles. The minimum Gasteiger partial charge on any atom is -0.462 e. The van der Waals surface area contributed by atoms with Crippen molar-refractivity contribution in [3.8, 4) is 5.75 Å². The summed E-state index contributed by atoms with van der Waals surface area (Å²) < 4.78 is 39.1. The molecule has 12 nitrogen and oxygen atoms in total. The Bertz CT molecular complexity index is 1270. The summed E-state index contributed by atoms with van der Waals surface area (Å²) in [5, 5.41) is 23.9. The van der Waals surface area contributed by atoms with Gasteiger partial charge in [0, 0.05) is 12.3 Å². The Hall–Kier alpha value is -2.45. The van der Waals surface area contributed by atoms with Crippen LogP contribution in [0.25, 0.3) is 0 Å². The van der Waals surface area contributed by atoms with E-state index in [1.165, 1.54) is 13.8 Å². The van der Waals surface area contributed by atoms with E-state index in [4.69, 9.17) is 30.3 Å². The van der Waals surface area contributed by atoms with Crippen LogP contribution in [0.5, 0.6) is 5.75 Å². The van der Waals surface area contributed by atoms with Gasteiger partial charge >= 0.3 is 18.3 Å². The molecule has 1 saturated heterocycles. The van der Waals surface area contributed by atoms with Crippen molar-refractivity contribution >= 4 is 24.4 Å². The highest BCUT2D eigenvalue weighted by Gasteiger charge is 2.58. The molecule has 7 atom stereocenters. The van der Waals surface area contributed by atoms with Gasteiger partial charge in [-0.2, -0.15) is 0 Å². The molecule has 1 aromatic carbocycles. The normalized spacial score (nSPS) is 26.5. The summed E-state index contributed by atoms with van der Waals surface area (Å²) in [5.74, 6) is -4.66. The lowest BCUT2D eigenvalue weighted by Crippen LogP contribution is -2.44. The van der Waals surface area contributed by atoms with E-state index in [2.05, 4.69) is 5.09 Å². The molecule has 1 aliphatic heterocycles. The lowest BCUT2D eigenvalue weighted by atomic mass is 9.93. The molecular weight excluding hydrogens is 544 g/mol. The standard InChI is InChI=1S/C23H31FN3O9PS/c1-13(2)34-21(31)14(3)26-37(38,36-16-8-6-5-7-9-16)33-12-23(24)19(30)18(15(4)28)20(35-23)27-11-10-17(29)25-22(27)32/h5-11,13-15,18-20,28,30H,12H2,1-4H3,(H,26,38)(H,25,29,32)/t14?,15?,18?,19-,20+,23+,37?/m0/s1. The minimum atomic E-state index is -3.69. The molecule has 0 aliphatic carbocycles. The molecule has 0 radical (unpaired) electrons. The Kier molecular flexibility index (Phi) is 9.63. The second-order valence-corrected chi connectivity index (χ2v) is 12.2. The summed E-state index contributed by atoms with van der Waals surface area (Å²) in [6, 6.07) is 8.25. The highest BCUT2D eigenvalue weighted by molar-refractivity contribution is 8.09. The Morgan fingerprint density at radius 3 is 2.50 bits per heavy atom. The van der Waals surface area contributed by atoms with Crippen molar-refractivity contribution in [1.29, 1.82) is 0 Å². The Morgan fingerprint density at radius 2 is 1.92 bits per heavy atom. The number of aliphatic hydroxyl groups is 2. The Morgan fingerprint density at radius 1 is 1.26 bits per heavy atom. The maximum absolute atomic E-state index is 16.1. The number of carbonyl (C=O) groups excluding carboxylic acids is 1. The predicted molar refractivity (Wildman–Crippen MR) is 138 cm³/mol. The molecule has 15 heteroatoms. The van der Waals surface area contributed by atoms with Crippen LogP contribution in [0, 0.1) is 5.92 Å². The van der Waals surface area contributed by atoms with Gasteiger partial charge in [-0.05, 0) is 51.6 Å². The summed E-state index contributed by atoms with van der Waals surface area (Å²) in [6.45, 7) is 1.42. The van der Waals surface area contributed by atoms with Crippen LogP contribution in [0.4, 0.5) is 4.39 Å². The number of nitrogens with one attached hydrogen (secondary N) is 2. The third-order valence-electron chi connectivity index (χ3n) is 5.59. The number of alkyl halides is 1. The van der Waals surface area contributed by atoms with Crippen molar-refractivity contribution in [3.05, 3.63) is 63.4 Å². The lowest BCUT2D eigenvalue weighted by molar-refractivity contribution is -0.203. The summed E-state index contributed by atoms with van der Waals surface area (Å²) in [6.07, 6.45) is -4.15. The summed E-state index contributed by atoms with van der Waals surface area (Å²) >= 11 is 5.55. The molecule has 0 bridgehead atoms. The van der Waals surface area contributed by atoms with Gasteiger partial charge in [0.25, 0.3) is 11.4 Å². The maximum Gasteiger partial charge on any atom is 0.330 e. The molecule has 0 amide bonds. The number of esters is 1. The van der Waals surface area contributed by atoms with Gasteiger partial charge in [-0.3, -0.25) is 19.1 Å². The first kappa shape index (κ1) is 30.1. The molecular formula is C23H31FN3O9PS. The summed E-state index contributed by atoms with van der Waals surface area (Å²) in [7, 11) is 0. The average molecular weight is 576 g/mol. The van der Waals surface area contributed by atoms with Gasteiger partial charge in [0.05, 0.1) is 18.1 Å². The van der Waals surface area contributed by atoms with Crippen LogP contribution < -0.4 is 20.9 Å². The third-order valence-corrected chi connectivity index (χ3v) is 8.07. The van der Waals surface area contributed by atoms with E-state index in [1.807, 2.05) is 4.98 Å². The van der Waals surface area contributed by atoms with Gasteiger partial charge in [-0.15, -0.1) is 0 Å². The highest BCUT2D eigenvalue weighted by Crippen LogP contribution is 2.50. The molecule has 1 aliphatic rings. The molecule has 4 N–H and O–H groups in total. The van der Waals surface area contributed by atoms with E-state index in [0.29, 0.717) is 0 Å². The predicted octanol–water partition coefficient (Wildman–Crippen LogP) is 1.34. The number of aromatic nitrogens is 2. The van der Waals surface area contributed by atoms with Crippen LogP contribution in [-0.2, 0) is 30.6 Å².